The molecule has 0 bridgehead atoms. The third-order valence-corrected chi connectivity index (χ3v) is 4.24. The average Bonchev–Trinajstić information content (AvgIpc) is 2.68. The van der Waals surface area contributed by atoms with Crippen molar-refractivity contribution in [3.05, 3.63) is 0 Å². The summed E-state index contributed by atoms with van der Waals surface area (Å²) in [5.74, 6) is -0.125. The lowest BCUT2D eigenvalue weighted by molar-refractivity contribution is -0.151. The maximum Gasteiger partial charge on any atom is 0.326 e. The maximum absolute atomic E-state index is 12.2. The van der Waals surface area contributed by atoms with Gasteiger partial charge in [-0.15, -0.1) is 0 Å². The highest BCUT2D eigenvalue weighted by atomic mass is 16.5. The van der Waals surface area contributed by atoms with Crippen molar-refractivity contribution < 1.29 is 9.53 Å². The van der Waals surface area contributed by atoms with Crippen LogP contribution in [0.3, 0.4) is 0 Å². The Bertz CT molecular complexity index is 342. The largest absolute Gasteiger partial charge is 0.465 e. The lowest BCUT2D eigenvalue weighted by atomic mass is 9.93. The molecule has 1 heterocycles. The summed E-state index contributed by atoms with van der Waals surface area (Å²) < 4.78 is 5.25. The van der Waals surface area contributed by atoms with Crippen LogP contribution in [0.1, 0.15) is 60.8 Å². The van der Waals surface area contributed by atoms with Gasteiger partial charge in [-0.2, -0.15) is 0 Å². The van der Waals surface area contributed by atoms with Crippen LogP contribution in [0.4, 0.5) is 0 Å². The van der Waals surface area contributed by atoms with E-state index in [1.165, 1.54) is 19.5 Å². The van der Waals surface area contributed by atoms with Crippen molar-refractivity contribution in [2.24, 2.45) is 5.41 Å². The van der Waals surface area contributed by atoms with E-state index in [0.29, 0.717) is 12.0 Å². The molecule has 1 aliphatic heterocycles. The molecule has 0 aromatic heterocycles. The molecule has 1 aliphatic rings. The van der Waals surface area contributed by atoms with E-state index in [0.717, 1.165) is 19.4 Å². The van der Waals surface area contributed by atoms with E-state index < -0.39 is 5.54 Å². The first-order valence-electron chi connectivity index (χ1n) is 8.36. The quantitative estimate of drug-likeness (QED) is 0.700. The molecule has 1 fully saturated rings. The second-order valence-corrected chi connectivity index (χ2v) is 7.65. The molecule has 1 atom stereocenters. The lowest BCUT2D eigenvalue weighted by Crippen LogP contribution is -2.53. The molecular weight excluding hydrogens is 264 g/mol. The lowest BCUT2D eigenvalue weighted by Gasteiger charge is -2.31. The highest BCUT2D eigenvalue weighted by Gasteiger charge is 2.35. The Labute approximate surface area is 130 Å². The van der Waals surface area contributed by atoms with Gasteiger partial charge in [0, 0.05) is 12.6 Å². The summed E-state index contributed by atoms with van der Waals surface area (Å²) in [4.78, 5) is 14.7. The van der Waals surface area contributed by atoms with Crippen LogP contribution in [0.15, 0.2) is 0 Å². The standard InChI is InChI=1S/C17H34N2O2/c1-7-21-15(20)17(6,18-14(2)3)9-8-11-19-12-10-16(4,5)13-19/h14,18H,7-13H2,1-6H3. The second-order valence-electron chi connectivity index (χ2n) is 7.65. The van der Waals surface area contributed by atoms with Gasteiger partial charge in [-0.3, -0.25) is 10.1 Å². The third-order valence-electron chi connectivity index (χ3n) is 4.24. The number of hydrogen-bond acceptors (Lipinski definition) is 4. The Kier molecular flexibility index (Phi) is 6.67. The van der Waals surface area contributed by atoms with Crippen molar-refractivity contribution in [1.82, 2.24) is 10.2 Å². The van der Waals surface area contributed by atoms with Crippen LogP contribution in [-0.4, -0.2) is 48.7 Å². The molecule has 0 radical (unpaired) electrons. The van der Waals surface area contributed by atoms with Crippen molar-refractivity contribution in [3.63, 3.8) is 0 Å². The van der Waals surface area contributed by atoms with Gasteiger partial charge in [0.25, 0.3) is 0 Å². The molecule has 0 aliphatic carbocycles. The Morgan fingerprint density at radius 3 is 2.57 bits per heavy atom. The molecule has 1 N–H and O–H groups in total. The number of ether oxygens (including phenoxy) is 1. The number of carbonyl (C=O) groups excluding carboxylic acids is 1. The summed E-state index contributed by atoms with van der Waals surface area (Å²) in [7, 11) is 0. The first-order valence-corrected chi connectivity index (χ1v) is 8.36. The van der Waals surface area contributed by atoms with Crippen LogP contribution < -0.4 is 5.32 Å². The molecular formula is C17H34N2O2. The fourth-order valence-electron chi connectivity index (χ4n) is 3.23. The van der Waals surface area contributed by atoms with Crippen LogP contribution in [0.25, 0.3) is 0 Å². The van der Waals surface area contributed by atoms with Crippen LogP contribution in [0.2, 0.25) is 0 Å². The summed E-state index contributed by atoms with van der Waals surface area (Å²) in [5.41, 5.74) is -0.125. The van der Waals surface area contributed by atoms with E-state index in [2.05, 4.69) is 37.9 Å². The van der Waals surface area contributed by atoms with E-state index in [4.69, 9.17) is 4.74 Å². The smallest absolute Gasteiger partial charge is 0.326 e. The van der Waals surface area contributed by atoms with Crippen molar-refractivity contribution in [1.29, 1.82) is 0 Å². The fourth-order valence-corrected chi connectivity index (χ4v) is 3.23. The summed E-state index contributed by atoms with van der Waals surface area (Å²) in [5, 5.41) is 3.39. The van der Waals surface area contributed by atoms with Gasteiger partial charge >= 0.3 is 5.97 Å². The molecule has 0 aromatic carbocycles. The molecule has 1 rings (SSSR count). The molecule has 1 unspecified atom stereocenters. The van der Waals surface area contributed by atoms with Crippen LogP contribution >= 0.6 is 0 Å². The molecule has 21 heavy (non-hydrogen) atoms. The molecule has 0 saturated carbocycles. The molecule has 0 spiro atoms. The van der Waals surface area contributed by atoms with Gasteiger partial charge in [-0.05, 0) is 65.5 Å². The molecule has 0 amide bonds. The number of carbonyl (C=O) groups is 1. The third kappa shape index (κ3) is 5.95. The predicted molar refractivity (Wildman–Crippen MR) is 87.4 cm³/mol. The number of hydrogen-bond donors (Lipinski definition) is 1. The average molecular weight is 298 g/mol. The normalized spacial score (nSPS) is 21.5. The first kappa shape index (κ1) is 18.4. The van der Waals surface area contributed by atoms with Gasteiger partial charge in [-0.25, -0.2) is 0 Å². The number of nitrogens with one attached hydrogen (secondary N) is 1. The topological polar surface area (TPSA) is 41.6 Å². The summed E-state index contributed by atoms with van der Waals surface area (Å²) >= 11 is 0. The van der Waals surface area contributed by atoms with Crippen LogP contribution in [0, 0.1) is 5.41 Å². The number of rotatable bonds is 8. The van der Waals surface area contributed by atoms with Crippen LogP contribution in [0.5, 0.6) is 0 Å². The predicted octanol–water partition coefficient (Wildman–Crippen LogP) is 2.82. The fraction of sp³-hybridized carbons (Fsp3) is 0.941. The highest BCUT2D eigenvalue weighted by Crippen LogP contribution is 2.29. The first-order chi connectivity index (χ1) is 9.68. The van der Waals surface area contributed by atoms with Crippen molar-refractivity contribution >= 4 is 5.97 Å². The highest BCUT2D eigenvalue weighted by molar-refractivity contribution is 5.80. The Morgan fingerprint density at radius 2 is 2.10 bits per heavy atom. The monoisotopic (exact) mass is 298 g/mol. The van der Waals surface area contributed by atoms with E-state index in [1.807, 2.05) is 13.8 Å². The Balaban J connectivity index is 2.48. The second kappa shape index (κ2) is 7.59. The summed E-state index contributed by atoms with van der Waals surface area (Å²) in [6.07, 6.45) is 3.11. The van der Waals surface area contributed by atoms with Crippen molar-refractivity contribution in [2.45, 2.75) is 72.4 Å². The molecule has 4 heteroatoms. The van der Waals surface area contributed by atoms with Gasteiger partial charge in [0.2, 0.25) is 0 Å². The maximum atomic E-state index is 12.2. The van der Waals surface area contributed by atoms with Gasteiger partial charge in [0.1, 0.15) is 5.54 Å². The Morgan fingerprint density at radius 1 is 1.43 bits per heavy atom. The van der Waals surface area contributed by atoms with E-state index in [-0.39, 0.29) is 12.0 Å². The number of nitrogens with zero attached hydrogens (tertiary/aromatic N) is 1. The Hall–Kier alpha value is -0.610. The van der Waals surface area contributed by atoms with Gasteiger partial charge < -0.3 is 9.64 Å². The zero-order valence-corrected chi connectivity index (χ0v) is 14.8. The van der Waals surface area contributed by atoms with E-state index >= 15 is 0 Å². The molecule has 1 saturated heterocycles. The minimum atomic E-state index is -0.570. The zero-order valence-electron chi connectivity index (χ0n) is 14.8. The van der Waals surface area contributed by atoms with Gasteiger partial charge in [0.05, 0.1) is 6.61 Å². The molecule has 124 valence electrons. The number of esters is 1. The van der Waals surface area contributed by atoms with Crippen molar-refractivity contribution in [2.75, 3.05) is 26.2 Å². The van der Waals surface area contributed by atoms with Gasteiger partial charge in [-0.1, -0.05) is 13.8 Å². The summed E-state index contributed by atoms with van der Waals surface area (Å²) in [6.45, 7) is 16.5. The van der Waals surface area contributed by atoms with E-state index in [9.17, 15) is 4.79 Å². The number of likely N-dealkylation sites (tertiary alicyclic amines) is 1. The van der Waals surface area contributed by atoms with Crippen molar-refractivity contribution in [3.8, 4) is 0 Å². The van der Waals surface area contributed by atoms with Gasteiger partial charge in [0.15, 0.2) is 0 Å². The zero-order chi connectivity index (χ0) is 16.1. The minimum absolute atomic E-state index is 0.125. The van der Waals surface area contributed by atoms with E-state index in [1.54, 1.807) is 0 Å². The van der Waals surface area contributed by atoms with Crippen LogP contribution in [-0.2, 0) is 9.53 Å². The SMILES string of the molecule is CCOC(=O)C(C)(CCCN1CCC(C)(C)C1)NC(C)C. The minimum Gasteiger partial charge on any atom is -0.465 e. The molecule has 4 nitrogen and oxygen atoms in total. The summed E-state index contributed by atoms with van der Waals surface area (Å²) in [6, 6.07) is 0.269. The molecule has 0 aromatic rings.